The van der Waals surface area contributed by atoms with Gasteiger partial charge in [-0.3, -0.25) is 20.4 Å². The molecule has 0 aliphatic carbocycles. The topological polar surface area (TPSA) is 129 Å². The molecule has 0 fully saturated rings. The summed E-state index contributed by atoms with van der Waals surface area (Å²) in [6.07, 6.45) is 1.47. The molecule has 3 aromatic carbocycles. The molecule has 0 saturated carbocycles. The Morgan fingerprint density at radius 3 is 2.29 bits per heavy atom. The molecule has 0 aliphatic heterocycles. The molecule has 0 aliphatic rings. The van der Waals surface area contributed by atoms with Gasteiger partial charge < -0.3 is 25.0 Å². The Morgan fingerprint density at radius 2 is 1.60 bits per heavy atom. The molecule has 0 atom stereocenters. The Hall–Kier alpha value is -4.92. The highest BCUT2D eigenvalue weighted by Crippen LogP contribution is 2.28. The summed E-state index contributed by atoms with van der Waals surface area (Å²) in [4.78, 5) is 25.8. The van der Waals surface area contributed by atoms with Gasteiger partial charge in [-0.1, -0.05) is 30.8 Å². The minimum Gasteiger partial charge on any atom is -0.508 e. The summed E-state index contributed by atoms with van der Waals surface area (Å²) in [6.45, 7) is 3.76. The number of hydrogen-bond acceptors (Lipinski definition) is 7. The van der Waals surface area contributed by atoms with Gasteiger partial charge >= 0.3 is 0 Å². The standard InChI is InChI=1S/C26H25N3O6/c1-16(20-15-19(30)10-11-22(20)31)28-29-26(33)21(27-25(32)18-7-5-4-6-8-18)13-17-9-12-23(34-2)24(14-17)35-3/h4-15,28,30-31H,1H2,2-3H3,(H,27,32)(H,29,33)/b21-13-. The normalized spacial score (nSPS) is 10.7. The van der Waals surface area contributed by atoms with Crippen LogP contribution in [0.2, 0.25) is 0 Å². The number of carbonyl (C=O) groups excluding carboxylic acids is 2. The number of carbonyl (C=O) groups is 2. The van der Waals surface area contributed by atoms with E-state index in [1.54, 1.807) is 48.5 Å². The van der Waals surface area contributed by atoms with Crippen LogP contribution in [0.5, 0.6) is 23.0 Å². The van der Waals surface area contributed by atoms with Crippen molar-refractivity contribution in [3.05, 3.63) is 95.7 Å². The molecular formula is C26H25N3O6. The van der Waals surface area contributed by atoms with E-state index in [4.69, 9.17) is 9.47 Å². The van der Waals surface area contributed by atoms with Crippen molar-refractivity contribution >= 4 is 23.6 Å². The maximum atomic E-state index is 13.0. The second-order valence-electron chi connectivity index (χ2n) is 7.25. The van der Waals surface area contributed by atoms with E-state index in [2.05, 4.69) is 22.7 Å². The molecule has 0 aromatic heterocycles. The fourth-order valence-corrected chi connectivity index (χ4v) is 3.08. The first kappa shape index (κ1) is 24.7. The van der Waals surface area contributed by atoms with Crippen molar-refractivity contribution in [1.29, 1.82) is 0 Å². The second-order valence-corrected chi connectivity index (χ2v) is 7.25. The number of ether oxygens (including phenoxy) is 2. The first-order valence-electron chi connectivity index (χ1n) is 10.4. The Morgan fingerprint density at radius 1 is 0.886 bits per heavy atom. The lowest BCUT2D eigenvalue weighted by Crippen LogP contribution is -2.41. The molecule has 0 bridgehead atoms. The zero-order valence-corrected chi connectivity index (χ0v) is 19.2. The predicted molar refractivity (Wildman–Crippen MR) is 132 cm³/mol. The van der Waals surface area contributed by atoms with Gasteiger partial charge in [0.05, 0.1) is 19.9 Å². The van der Waals surface area contributed by atoms with Gasteiger partial charge in [-0.15, -0.1) is 0 Å². The summed E-state index contributed by atoms with van der Waals surface area (Å²) in [5, 5.41) is 22.3. The summed E-state index contributed by atoms with van der Waals surface area (Å²) < 4.78 is 10.5. The van der Waals surface area contributed by atoms with Crippen LogP contribution in [0.3, 0.4) is 0 Å². The van der Waals surface area contributed by atoms with Gasteiger partial charge in [0.15, 0.2) is 11.5 Å². The molecule has 9 heteroatoms. The number of hydrogen-bond donors (Lipinski definition) is 5. The van der Waals surface area contributed by atoms with E-state index in [9.17, 15) is 19.8 Å². The van der Waals surface area contributed by atoms with E-state index in [0.29, 0.717) is 22.6 Å². The van der Waals surface area contributed by atoms with Gasteiger partial charge in [-0.2, -0.15) is 0 Å². The van der Waals surface area contributed by atoms with Crippen molar-refractivity contribution in [2.24, 2.45) is 0 Å². The van der Waals surface area contributed by atoms with Crippen molar-refractivity contribution in [2.75, 3.05) is 14.2 Å². The number of phenolic OH excluding ortho intramolecular Hbond substituents is 2. The van der Waals surface area contributed by atoms with Gasteiger partial charge in [0, 0.05) is 11.1 Å². The van der Waals surface area contributed by atoms with Crippen LogP contribution in [-0.2, 0) is 4.79 Å². The zero-order chi connectivity index (χ0) is 25.4. The Bertz CT molecular complexity index is 1270. The SMILES string of the molecule is C=C(NNC(=O)/C(=C/c1ccc(OC)c(OC)c1)NC(=O)c1ccccc1)c1cc(O)ccc1O. The van der Waals surface area contributed by atoms with Crippen LogP contribution in [0, 0.1) is 0 Å². The summed E-state index contributed by atoms with van der Waals surface area (Å²) in [7, 11) is 3.00. The Labute approximate surface area is 202 Å². The van der Waals surface area contributed by atoms with Crippen molar-refractivity contribution in [1.82, 2.24) is 16.2 Å². The summed E-state index contributed by atoms with van der Waals surface area (Å²) in [6, 6.07) is 17.3. The largest absolute Gasteiger partial charge is 0.508 e. The first-order valence-corrected chi connectivity index (χ1v) is 10.4. The highest BCUT2D eigenvalue weighted by molar-refractivity contribution is 6.05. The number of phenols is 2. The molecule has 5 N–H and O–H groups in total. The molecule has 180 valence electrons. The molecule has 0 spiro atoms. The molecular weight excluding hydrogens is 450 g/mol. The Kier molecular flexibility index (Phi) is 7.97. The van der Waals surface area contributed by atoms with E-state index in [0.717, 1.165) is 0 Å². The minimum atomic E-state index is -0.690. The highest BCUT2D eigenvalue weighted by atomic mass is 16.5. The van der Waals surface area contributed by atoms with Crippen molar-refractivity contribution in [2.45, 2.75) is 0 Å². The summed E-state index contributed by atoms with van der Waals surface area (Å²) in [5.74, 6) is -0.458. The summed E-state index contributed by atoms with van der Waals surface area (Å²) >= 11 is 0. The highest BCUT2D eigenvalue weighted by Gasteiger charge is 2.16. The van der Waals surface area contributed by atoms with Gasteiger partial charge in [-0.05, 0) is 54.1 Å². The van der Waals surface area contributed by atoms with E-state index < -0.39 is 11.8 Å². The molecule has 0 heterocycles. The monoisotopic (exact) mass is 475 g/mol. The van der Waals surface area contributed by atoms with E-state index in [-0.39, 0.29) is 28.5 Å². The van der Waals surface area contributed by atoms with Crippen molar-refractivity contribution in [3.63, 3.8) is 0 Å². The fraction of sp³-hybridized carbons (Fsp3) is 0.0769. The maximum absolute atomic E-state index is 13.0. The van der Waals surface area contributed by atoms with E-state index >= 15 is 0 Å². The molecule has 9 nitrogen and oxygen atoms in total. The van der Waals surface area contributed by atoms with Gasteiger partial charge in [0.25, 0.3) is 11.8 Å². The minimum absolute atomic E-state index is 0.0773. The van der Waals surface area contributed by atoms with Crippen LogP contribution in [0.25, 0.3) is 11.8 Å². The number of aromatic hydroxyl groups is 2. The Balaban J connectivity index is 1.86. The third-order valence-corrected chi connectivity index (χ3v) is 4.88. The smallest absolute Gasteiger partial charge is 0.286 e. The van der Waals surface area contributed by atoms with Crippen molar-refractivity contribution < 1.29 is 29.3 Å². The molecule has 3 rings (SSSR count). The third kappa shape index (κ3) is 6.32. The summed E-state index contributed by atoms with van der Waals surface area (Å²) in [5.41, 5.74) is 6.17. The number of amides is 2. The van der Waals surface area contributed by atoms with Crippen LogP contribution in [0.4, 0.5) is 0 Å². The number of rotatable bonds is 9. The number of methoxy groups -OCH3 is 2. The van der Waals surface area contributed by atoms with E-state index in [1.807, 2.05) is 0 Å². The zero-order valence-electron chi connectivity index (χ0n) is 19.2. The number of hydrazine groups is 1. The average Bonchev–Trinajstić information content (AvgIpc) is 2.88. The second kappa shape index (κ2) is 11.3. The van der Waals surface area contributed by atoms with Crippen LogP contribution < -0.4 is 25.6 Å². The van der Waals surface area contributed by atoms with Gasteiger partial charge in [0.2, 0.25) is 0 Å². The molecule has 0 radical (unpaired) electrons. The number of nitrogens with one attached hydrogen (secondary N) is 3. The van der Waals surface area contributed by atoms with Crippen LogP contribution in [0.1, 0.15) is 21.5 Å². The third-order valence-electron chi connectivity index (χ3n) is 4.88. The van der Waals surface area contributed by atoms with Crippen LogP contribution in [-0.4, -0.2) is 36.2 Å². The van der Waals surface area contributed by atoms with Crippen LogP contribution in [0.15, 0.2) is 79.0 Å². The quantitative estimate of drug-likeness (QED) is 0.183. The molecule has 0 unspecified atom stereocenters. The lowest BCUT2D eigenvalue weighted by molar-refractivity contribution is -0.118. The lowest BCUT2D eigenvalue weighted by Gasteiger charge is -2.15. The predicted octanol–water partition coefficient (Wildman–Crippen LogP) is 3.18. The molecule has 35 heavy (non-hydrogen) atoms. The maximum Gasteiger partial charge on any atom is 0.286 e. The molecule has 0 saturated heterocycles. The molecule has 3 aromatic rings. The number of benzene rings is 3. The van der Waals surface area contributed by atoms with Gasteiger partial charge in [-0.25, -0.2) is 0 Å². The van der Waals surface area contributed by atoms with Crippen molar-refractivity contribution in [3.8, 4) is 23.0 Å². The molecule has 2 amide bonds. The first-order chi connectivity index (χ1) is 16.8. The van der Waals surface area contributed by atoms with Crippen LogP contribution >= 0.6 is 0 Å². The fourth-order valence-electron chi connectivity index (χ4n) is 3.08. The van der Waals surface area contributed by atoms with E-state index in [1.165, 1.54) is 38.5 Å². The lowest BCUT2D eigenvalue weighted by atomic mass is 10.1. The average molecular weight is 476 g/mol. The van der Waals surface area contributed by atoms with Gasteiger partial charge in [0.1, 0.15) is 17.2 Å².